The van der Waals surface area contributed by atoms with Crippen LogP contribution in [0.1, 0.15) is 15.9 Å². The predicted molar refractivity (Wildman–Crippen MR) is 51.6 cm³/mol. The van der Waals surface area contributed by atoms with Crippen molar-refractivity contribution >= 4 is 11.7 Å². The second-order valence-electron chi connectivity index (χ2n) is 3.02. The van der Waals surface area contributed by atoms with Gasteiger partial charge in [-0.25, -0.2) is 4.79 Å². The summed E-state index contributed by atoms with van der Waals surface area (Å²) in [7, 11) is 1.16. The van der Waals surface area contributed by atoms with Gasteiger partial charge >= 0.3 is 17.9 Å². The van der Waals surface area contributed by atoms with Crippen molar-refractivity contribution < 1.29 is 27.5 Å². The number of ether oxygens (including phenoxy) is 1. The molecule has 0 aromatic heterocycles. The van der Waals surface area contributed by atoms with Gasteiger partial charge in [-0.15, -0.1) is 0 Å². The molecular formula is C10H7F3N2O2. The molecule has 0 atom stereocenters. The van der Waals surface area contributed by atoms with Gasteiger partial charge in [0, 0.05) is 0 Å². The number of nitrogens with zero attached hydrogens (tertiary/aromatic N) is 2. The first-order valence-electron chi connectivity index (χ1n) is 4.38. The van der Waals surface area contributed by atoms with E-state index < -0.39 is 17.9 Å². The summed E-state index contributed by atoms with van der Waals surface area (Å²) in [5.74, 6) is -0.661. The lowest BCUT2D eigenvalue weighted by molar-refractivity contribution is -0.111. The maximum absolute atomic E-state index is 12.3. The smallest absolute Gasteiger partial charge is 0.465 e. The van der Waals surface area contributed by atoms with Crippen molar-refractivity contribution in [3.63, 3.8) is 0 Å². The molecule has 0 spiro atoms. The lowest BCUT2D eigenvalue weighted by atomic mass is 10.1. The predicted octanol–water partition coefficient (Wildman–Crippen LogP) is 2.05. The fourth-order valence-corrected chi connectivity index (χ4v) is 1.16. The first kappa shape index (κ1) is 12.9. The molecule has 0 N–H and O–H groups in total. The molecule has 0 aliphatic rings. The molecule has 0 bridgehead atoms. The number of carbonyl (C=O) groups is 1. The normalized spacial score (nSPS) is 10.6. The quantitative estimate of drug-likeness (QED) is 0.346. The van der Waals surface area contributed by atoms with Gasteiger partial charge in [0.2, 0.25) is 0 Å². The lowest BCUT2D eigenvalue weighted by Crippen LogP contribution is -2.25. The topological polar surface area (TPSA) is 62.7 Å². The second-order valence-corrected chi connectivity index (χ2v) is 3.02. The van der Waals surface area contributed by atoms with Gasteiger partial charge in [-0.2, -0.15) is 18.0 Å². The van der Waals surface area contributed by atoms with Gasteiger partial charge in [0.1, 0.15) is 0 Å². The zero-order valence-electron chi connectivity index (χ0n) is 8.65. The van der Waals surface area contributed by atoms with E-state index in [-0.39, 0.29) is 11.1 Å². The Bertz CT molecular complexity index is 473. The average molecular weight is 244 g/mol. The summed E-state index contributed by atoms with van der Waals surface area (Å²) in [5, 5.41) is 0. The molecule has 1 aromatic rings. The number of methoxy groups -OCH3 is 1. The molecule has 0 aliphatic heterocycles. The highest BCUT2D eigenvalue weighted by molar-refractivity contribution is 6.01. The fourth-order valence-electron chi connectivity index (χ4n) is 1.16. The van der Waals surface area contributed by atoms with E-state index in [1.807, 2.05) is 0 Å². The van der Waals surface area contributed by atoms with E-state index in [0.717, 1.165) is 31.4 Å². The van der Waals surface area contributed by atoms with Crippen molar-refractivity contribution in [3.05, 3.63) is 40.9 Å². The summed E-state index contributed by atoms with van der Waals surface area (Å²) in [6, 6.07) is 4.35. The van der Waals surface area contributed by atoms with Crippen molar-refractivity contribution in [1.29, 1.82) is 0 Å². The minimum Gasteiger partial charge on any atom is -0.465 e. The van der Waals surface area contributed by atoms with Gasteiger partial charge < -0.3 is 10.3 Å². The number of esters is 1. The maximum atomic E-state index is 12.3. The minimum atomic E-state index is -4.76. The van der Waals surface area contributed by atoms with Crippen molar-refractivity contribution in [3.8, 4) is 0 Å². The Morgan fingerprint density at radius 1 is 1.24 bits per heavy atom. The third kappa shape index (κ3) is 2.92. The molecule has 17 heavy (non-hydrogen) atoms. The van der Waals surface area contributed by atoms with Crippen molar-refractivity contribution in [2.24, 2.45) is 0 Å². The van der Waals surface area contributed by atoms with Gasteiger partial charge in [0.25, 0.3) is 0 Å². The van der Waals surface area contributed by atoms with Crippen LogP contribution in [0.2, 0.25) is 0 Å². The van der Waals surface area contributed by atoms with Crippen LogP contribution in [0.4, 0.5) is 13.2 Å². The lowest BCUT2D eigenvalue weighted by Gasteiger charge is -2.02. The molecule has 0 radical (unpaired) electrons. The fraction of sp³-hybridized carbons (Fsp3) is 0.200. The summed E-state index contributed by atoms with van der Waals surface area (Å²) in [5.41, 5.74) is 6.66. The van der Waals surface area contributed by atoms with Crippen molar-refractivity contribution in [2.75, 3.05) is 7.11 Å². The molecule has 90 valence electrons. The number of halogens is 3. The Hall–Kier alpha value is -2.14. The maximum Gasteiger partial charge on any atom is 0.495 e. The standard InChI is InChI=1S/C10H7F3N2O2/c1-17-9(16)7-4-2-6(3-5-7)8(15-14)10(11,12)13/h2-5H,1H3. The number of alkyl halides is 3. The van der Waals surface area contributed by atoms with Gasteiger partial charge in [-0.1, -0.05) is 0 Å². The Labute approximate surface area is 94.2 Å². The van der Waals surface area contributed by atoms with Crippen molar-refractivity contribution in [2.45, 2.75) is 6.18 Å². The molecule has 1 aromatic carbocycles. The zero-order chi connectivity index (χ0) is 13.1. The number of benzene rings is 1. The van der Waals surface area contributed by atoms with Crippen LogP contribution >= 0.6 is 0 Å². The van der Waals surface area contributed by atoms with E-state index in [4.69, 9.17) is 5.53 Å². The summed E-state index contributed by atoms with van der Waals surface area (Å²) >= 11 is 0. The molecule has 0 fully saturated rings. The van der Waals surface area contributed by atoms with Crippen LogP contribution in [0, 0.1) is 0 Å². The van der Waals surface area contributed by atoms with Crippen LogP contribution in [0.15, 0.2) is 24.3 Å². The van der Waals surface area contributed by atoms with Gasteiger partial charge in [-0.3, -0.25) is 0 Å². The molecule has 1 rings (SSSR count). The highest BCUT2D eigenvalue weighted by Gasteiger charge is 2.45. The summed E-state index contributed by atoms with van der Waals surface area (Å²) in [6.45, 7) is 0. The third-order valence-corrected chi connectivity index (χ3v) is 1.95. The number of hydrogen-bond acceptors (Lipinski definition) is 2. The van der Waals surface area contributed by atoms with Gasteiger partial charge in [0.05, 0.1) is 18.2 Å². The Morgan fingerprint density at radius 2 is 1.71 bits per heavy atom. The number of hydrogen-bond donors (Lipinski definition) is 0. The Kier molecular flexibility index (Phi) is 3.65. The zero-order valence-corrected chi connectivity index (χ0v) is 8.65. The van der Waals surface area contributed by atoms with Crippen LogP contribution in [-0.4, -0.2) is 29.8 Å². The Balaban J connectivity index is 3.11. The van der Waals surface area contributed by atoms with Crippen LogP contribution in [-0.2, 0) is 4.74 Å². The Morgan fingerprint density at radius 3 is 2.06 bits per heavy atom. The van der Waals surface area contributed by atoms with E-state index in [0.29, 0.717) is 0 Å². The van der Waals surface area contributed by atoms with E-state index >= 15 is 0 Å². The van der Waals surface area contributed by atoms with Crippen LogP contribution in [0.3, 0.4) is 0 Å². The summed E-state index contributed by atoms with van der Waals surface area (Å²) in [6.07, 6.45) is -4.76. The van der Waals surface area contributed by atoms with Crippen LogP contribution < -0.4 is 0 Å². The molecule has 0 unspecified atom stereocenters. The monoisotopic (exact) mass is 244 g/mol. The largest absolute Gasteiger partial charge is 0.495 e. The minimum absolute atomic E-state index is 0.107. The van der Waals surface area contributed by atoms with E-state index in [9.17, 15) is 18.0 Å². The van der Waals surface area contributed by atoms with Crippen LogP contribution in [0.25, 0.3) is 5.53 Å². The summed E-state index contributed by atoms with van der Waals surface area (Å²) < 4.78 is 41.4. The highest BCUT2D eigenvalue weighted by Crippen LogP contribution is 2.21. The first-order valence-corrected chi connectivity index (χ1v) is 4.38. The van der Waals surface area contributed by atoms with E-state index in [1.165, 1.54) is 0 Å². The number of rotatable bonds is 2. The average Bonchev–Trinajstić information content (AvgIpc) is 2.28. The third-order valence-electron chi connectivity index (χ3n) is 1.95. The molecule has 0 saturated carbocycles. The molecule has 7 heteroatoms. The molecule has 0 heterocycles. The molecular weight excluding hydrogens is 237 g/mol. The summed E-state index contributed by atoms with van der Waals surface area (Å²) in [4.78, 5) is 13.2. The van der Waals surface area contributed by atoms with E-state index in [1.54, 1.807) is 0 Å². The molecule has 0 saturated heterocycles. The SMILES string of the molecule is COC(=O)c1ccc(C(=[N+]=[N-])C(F)(F)F)cc1. The van der Waals surface area contributed by atoms with Gasteiger partial charge in [-0.05, 0) is 24.3 Å². The molecule has 4 nitrogen and oxygen atoms in total. The van der Waals surface area contributed by atoms with Crippen molar-refractivity contribution in [1.82, 2.24) is 0 Å². The molecule has 0 aliphatic carbocycles. The first-order chi connectivity index (χ1) is 7.90. The van der Waals surface area contributed by atoms with Gasteiger partial charge in [0.15, 0.2) is 0 Å². The molecule has 0 amide bonds. The number of carbonyl (C=O) groups excluding carboxylic acids is 1. The van der Waals surface area contributed by atoms with E-state index in [2.05, 4.69) is 9.53 Å². The second kappa shape index (κ2) is 4.80. The highest BCUT2D eigenvalue weighted by atomic mass is 19.4. The van der Waals surface area contributed by atoms with Crippen LogP contribution in [0.5, 0.6) is 0 Å².